The van der Waals surface area contributed by atoms with Crippen molar-refractivity contribution in [3.8, 4) is 0 Å². The molecule has 0 saturated heterocycles. The molecule has 0 aliphatic heterocycles. The van der Waals surface area contributed by atoms with E-state index in [1.165, 1.54) is 6.92 Å². The summed E-state index contributed by atoms with van der Waals surface area (Å²) >= 11 is 0. The Kier molecular flexibility index (Phi) is 5.88. The van der Waals surface area contributed by atoms with E-state index in [-0.39, 0.29) is 18.9 Å². The molecule has 3 N–H and O–H groups in total. The van der Waals surface area contributed by atoms with Gasteiger partial charge in [-0.1, -0.05) is 0 Å². The summed E-state index contributed by atoms with van der Waals surface area (Å²) in [7, 11) is 0. The smallest absolute Gasteiger partial charge is 0.325 e. The minimum atomic E-state index is -1.05. The number of carbonyl (C=O) groups excluding carboxylic acids is 1. The summed E-state index contributed by atoms with van der Waals surface area (Å²) in [6, 6.07) is -0.846. The van der Waals surface area contributed by atoms with Gasteiger partial charge in [0.1, 0.15) is 6.04 Å². The number of nitrogens with one attached hydrogen (secondary N) is 1. The monoisotopic (exact) mass is 189 g/mol. The molecule has 0 aromatic heterocycles. The van der Waals surface area contributed by atoms with Gasteiger partial charge in [0.15, 0.2) is 0 Å². The van der Waals surface area contributed by atoms with E-state index in [0.717, 1.165) is 0 Å². The van der Waals surface area contributed by atoms with Gasteiger partial charge in [-0.2, -0.15) is 0 Å². The third-order valence-corrected chi connectivity index (χ3v) is 1.56. The Balaban J connectivity index is 3.56. The molecule has 0 aliphatic rings. The predicted molar refractivity (Wildman–Crippen MR) is 46.2 cm³/mol. The number of unbranched alkanes of at least 4 members (excludes halogenated alkanes) is 1. The highest BCUT2D eigenvalue weighted by Gasteiger charge is 2.12. The van der Waals surface area contributed by atoms with Crippen LogP contribution >= 0.6 is 0 Å². The predicted octanol–water partition coefficient (Wildman–Crippen LogP) is -0.262. The normalized spacial score (nSPS) is 12.2. The molecule has 0 aromatic rings. The van der Waals surface area contributed by atoms with Crippen molar-refractivity contribution in [1.29, 1.82) is 0 Å². The molecular formula is C8H15NO4. The fraction of sp³-hybridized carbons (Fsp3) is 0.750. The topological polar surface area (TPSA) is 86.6 Å². The quantitative estimate of drug-likeness (QED) is 0.502. The van der Waals surface area contributed by atoms with E-state index < -0.39 is 12.0 Å². The first-order valence-corrected chi connectivity index (χ1v) is 4.21. The van der Waals surface area contributed by atoms with Crippen molar-refractivity contribution in [2.45, 2.75) is 32.2 Å². The molecule has 0 aliphatic carbocycles. The summed E-state index contributed by atoms with van der Waals surface area (Å²) in [6.45, 7) is 1.47. The molecule has 13 heavy (non-hydrogen) atoms. The van der Waals surface area contributed by atoms with E-state index in [2.05, 4.69) is 5.32 Å². The van der Waals surface area contributed by atoms with Crippen LogP contribution in [0, 0.1) is 0 Å². The van der Waals surface area contributed by atoms with Gasteiger partial charge >= 0.3 is 5.97 Å². The van der Waals surface area contributed by atoms with Crippen molar-refractivity contribution in [3.63, 3.8) is 0 Å². The van der Waals surface area contributed by atoms with Crippen molar-refractivity contribution < 1.29 is 19.8 Å². The number of amides is 1. The molecule has 5 nitrogen and oxygen atoms in total. The van der Waals surface area contributed by atoms with Crippen LogP contribution in [0.1, 0.15) is 26.2 Å². The van der Waals surface area contributed by atoms with Gasteiger partial charge in [-0.15, -0.1) is 0 Å². The molecule has 76 valence electrons. The van der Waals surface area contributed by atoms with Crippen molar-refractivity contribution >= 4 is 11.9 Å². The average molecular weight is 189 g/mol. The molecular weight excluding hydrogens is 174 g/mol. The van der Waals surface area contributed by atoms with Gasteiger partial charge < -0.3 is 15.5 Å². The van der Waals surface area contributed by atoms with Crippen LogP contribution < -0.4 is 5.32 Å². The summed E-state index contributed by atoms with van der Waals surface area (Å²) in [4.78, 5) is 21.3. The number of aliphatic hydroxyl groups excluding tert-OH is 1. The Bertz CT molecular complexity index is 181. The van der Waals surface area contributed by atoms with Crippen molar-refractivity contribution in [2.24, 2.45) is 0 Å². The van der Waals surface area contributed by atoms with Gasteiger partial charge in [-0.25, -0.2) is 0 Å². The summed E-state index contributed by atoms with van der Waals surface area (Å²) < 4.78 is 0. The average Bonchev–Trinajstić information content (AvgIpc) is 2.04. The number of hydrogen-bond donors (Lipinski definition) is 3. The van der Waals surface area contributed by atoms with E-state index in [4.69, 9.17) is 10.2 Å². The summed E-state index contributed by atoms with van der Waals surface area (Å²) in [6.07, 6.45) is 1.40. The number of aliphatic carboxylic acids is 1. The Hall–Kier alpha value is -1.10. The first kappa shape index (κ1) is 11.9. The Labute approximate surface area is 76.8 Å². The van der Waals surface area contributed by atoms with E-state index in [9.17, 15) is 9.59 Å². The van der Waals surface area contributed by atoms with Crippen molar-refractivity contribution in [1.82, 2.24) is 5.32 Å². The summed E-state index contributed by atoms with van der Waals surface area (Å²) in [5.74, 6) is -1.33. The molecule has 0 radical (unpaired) electrons. The maximum absolute atomic E-state index is 11.0. The molecule has 0 bridgehead atoms. The fourth-order valence-electron chi connectivity index (χ4n) is 0.773. The number of carbonyl (C=O) groups is 2. The standard InChI is InChI=1S/C8H15NO4/c1-6(8(12)13)9-7(11)4-2-3-5-10/h6,10H,2-5H2,1H3,(H,9,11)(H,12,13). The van der Waals surface area contributed by atoms with Crippen LogP contribution in [0.5, 0.6) is 0 Å². The molecule has 1 atom stereocenters. The van der Waals surface area contributed by atoms with E-state index in [0.29, 0.717) is 12.8 Å². The Morgan fingerprint density at radius 2 is 2.00 bits per heavy atom. The Morgan fingerprint density at radius 3 is 2.46 bits per heavy atom. The highest BCUT2D eigenvalue weighted by Crippen LogP contribution is 1.94. The first-order valence-electron chi connectivity index (χ1n) is 4.21. The van der Waals surface area contributed by atoms with Crippen LogP contribution in [-0.2, 0) is 9.59 Å². The second-order valence-corrected chi connectivity index (χ2v) is 2.81. The second kappa shape index (κ2) is 6.42. The molecule has 0 fully saturated rings. The molecule has 0 aromatic carbocycles. The van der Waals surface area contributed by atoms with Gasteiger partial charge in [0.05, 0.1) is 0 Å². The third-order valence-electron chi connectivity index (χ3n) is 1.56. The minimum Gasteiger partial charge on any atom is -0.480 e. The van der Waals surface area contributed by atoms with Gasteiger partial charge in [0.2, 0.25) is 5.91 Å². The van der Waals surface area contributed by atoms with Gasteiger partial charge in [-0.05, 0) is 19.8 Å². The minimum absolute atomic E-state index is 0.0573. The van der Waals surface area contributed by atoms with E-state index >= 15 is 0 Å². The first-order chi connectivity index (χ1) is 6.07. The lowest BCUT2D eigenvalue weighted by atomic mass is 10.2. The maximum Gasteiger partial charge on any atom is 0.325 e. The van der Waals surface area contributed by atoms with Crippen LogP contribution in [0.3, 0.4) is 0 Å². The number of carboxylic acids is 1. The number of aliphatic hydroxyl groups is 1. The van der Waals surface area contributed by atoms with Crippen LogP contribution in [0.2, 0.25) is 0 Å². The summed E-state index contributed by atoms with van der Waals surface area (Å²) in [5.41, 5.74) is 0. The number of rotatable bonds is 6. The van der Waals surface area contributed by atoms with Crippen LogP contribution in [0.15, 0.2) is 0 Å². The molecule has 1 unspecified atom stereocenters. The van der Waals surface area contributed by atoms with Crippen molar-refractivity contribution in [3.05, 3.63) is 0 Å². The molecule has 0 spiro atoms. The molecule has 0 heterocycles. The lowest BCUT2D eigenvalue weighted by molar-refractivity contribution is -0.141. The van der Waals surface area contributed by atoms with Gasteiger partial charge in [0, 0.05) is 13.0 Å². The zero-order chi connectivity index (χ0) is 10.3. The van der Waals surface area contributed by atoms with Crippen LogP contribution in [0.25, 0.3) is 0 Å². The van der Waals surface area contributed by atoms with Gasteiger partial charge in [-0.3, -0.25) is 9.59 Å². The lowest BCUT2D eigenvalue weighted by Gasteiger charge is -2.08. The molecule has 0 rings (SSSR count). The van der Waals surface area contributed by atoms with Crippen LogP contribution in [-0.4, -0.2) is 34.7 Å². The largest absolute Gasteiger partial charge is 0.480 e. The number of carboxylic acid groups (broad SMARTS) is 1. The van der Waals surface area contributed by atoms with E-state index in [1.54, 1.807) is 0 Å². The highest BCUT2D eigenvalue weighted by atomic mass is 16.4. The Morgan fingerprint density at radius 1 is 1.38 bits per heavy atom. The van der Waals surface area contributed by atoms with Gasteiger partial charge in [0.25, 0.3) is 0 Å². The van der Waals surface area contributed by atoms with Crippen molar-refractivity contribution in [2.75, 3.05) is 6.61 Å². The zero-order valence-electron chi connectivity index (χ0n) is 7.62. The highest BCUT2D eigenvalue weighted by molar-refractivity contribution is 5.83. The zero-order valence-corrected chi connectivity index (χ0v) is 7.62. The molecule has 5 heteroatoms. The van der Waals surface area contributed by atoms with Crippen LogP contribution in [0.4, 0.5) is 0 Å². The lowest BCUT2D eigenvalue weighted by Crippen LogP contribution is -2.38. The molecule has 1 amide bonds. The fourth-order valence-corrected chi connectivity index (χ4v) is 0.773. The maximum atomic E-state index is 11.0. The second-order valence-electron chi connectivity index (χ2n) is 2.81. The third kappa shape index (κ3) is 6.10. The summed E-state index contributed by atoms with van der Waals surface area (Å²) in [5, 5.41) is 19.2. The van der Waals surface area contributed by atoms with E-state index in [1.807, 2.05) is 0 Å². The molecule has 0 saturated carbocycles. The SMILES string of the molecule is CC(NC(=O)CCCCO)C(=O)O. The number of hydrogen-bond acceptors (Lipinski definition) is 3.